The second-order valence-corrected chi connectivity index (χ2v) is 5.59. The predicted molar refractivity (Wildman–Crippen MR) is 71.3 cm³/mol. The zero-order chi connectivity index (χ0) is 14.6. The Labute approximate surface area is 119 Å². The normalized spacial score (nSPS) is 23.9. The smallest absolute Gasteiger partial charge is 0.307 e. The lowest BCUT2D eigenvalue weighted by atomic mass is 9.91. The number of piperidine rings is 1. The van der Waals surface area contributed by atoms with Crippen LogP contribution in [0.5, 0.6) is 0 Å². The molecule has 2 rings (SSSR count). The Hall–Kier alpha value is -1.14. The molecule has 1 saturated carbocycles. The Bertz CT molecular complexity index is 363. The molecule has 1 spiro atoms. The maximum atomic E-state index is 11.9. The fourth-order valence-electron chi connectivity index (χ4n) is 2.96. The SMILES string of the molecule is CCOCCOCC(=O)N1CCC2(CC1)CC2C(=O)O. The highest BCUT2D eigenvalue weighted by Crippen LogP contribution is 2.59. The van der Waals surface area contributed by atoms with Crippen molar-refractivity contribution in [1.29, 1.82) is 0 Å². The Balaban J connectivity index is 1.64. The predicted octanol–water partition coefficient (Wildman–Crippen LogP) is 0.753. The molecule has 1 heterocycles. The highest BCUT2D eigenvalue weighted by molar-refractivity contribution is 5.78. The fraction of sp³-hybridized carbons (Fsp3) is 0.857. The minimum absolute atomic E-state index is 0.0103. The van der Waals surface area contributed by atoms with Crippen molar-refractivity contribution in [3.8, 4) is 0 Å². The standard InChI is InChI=1S/C14H23NO5/c1-2-19-7-8-20-10-12(16)15-5-3-14(4-6-15)9-11(14)13(17)18/h11H,2-10H2,1H3,(H,17,18). The van der Waals surface area contributed by atoms with Crippen LogP contribution in [0.2, 0.25) is 0 Å². The van der Waals surface area contributed by atoms with Gasteiger partial charge in [-0.05, 0) is 31.6 Å². The molecule has 0 aromatic carbocycles. The van der Waals surface area contributed by atoms with E-state index in [0.717, 1.165) is 19.3 Å². The van der Waals surface area contributed by atoms with Gasteiger partial charge in [-0.25, -0.2) is 0 Å². The van der Waals surface area contributed by atoms with Gasteiger partial charge in [-0.3, -0.25) is 9.59 Å². The summed E-state index contributed by atoms with van der Waals surface area (Å²) in [5.74, 6) is -0.893. The van der Waals surface area contributed by atoms with E-state index in [9.17, 15) is 9.59 Å². The number of aliphatic carboxylic acids is 1. The molecule has 0 aromatic heterocycles. The molecule has 1 amide bonds. The van der Waals surface area contributed by atoms with Crippen molar-refractivity contribution >= 4 is 11.9 Å². The van der Waals surface area contributed by atoms with Gasteiger partial charge in [0.2, 0.25) is 5.91 Å². The van der Waals surface area contributed by atoms with E-state index in [-0.39, 0.29) is 23.8 Å². The van der Waals surface area contributed by atoms with Crippen LogP contribution in [-0.4, -0.2) is 61.4 Å². The number of hydrogen-bond donors (Lipinski definition) is 1. The lowest BCUT2D eigenvalue weighted by Crippen LogP contribution is -2.41. The number of ether oxygens (including phenoxy) is 2. The molecular weight excluding hydrogens is 262 g/mol. The summed E-state index contributed by atoms with van der Waals surface area (Å²) in [5, 5.41) is 9.02. The summed E-state index contributed by atoms with van der Waals surface area (Å²) in [6, 6.07) is 0. The maximum absolute atomic E-state index is 11.9. The van der Waals surface area contributed by atoms with Crippen LogP contribution < -0.4 is 0 Å². The average Bonchev–Trinajstić information content (AvgIpc) is 3.13. The molecule has 2 aliphatic rings. The van der Waals surface area contributed by atoms with Crippen molar-refractivity contribution in [1.82, 2.24) is 4.90 Å². The highest BCUT2D eigenvalue weighted by atomic mass is 16.5. The van der Waals surface area contributed by atoms with Gasteiger partial charge in [-0.15, -0.1) is 0 Å². The zero-order valence-electron chi connectivity index (χ0n) is 12.0. The van der Waals surface area contributed by atoms with Gasteiger partial charge in [0.1, 0.15) is 6.61 Å². The number of hydrogen-bond acceptors (Lipinski definition) is 4. The molecule has 1 saturated heterocycles. The van der Waals surface area contributed by atoms with Crippen molar-refractivity contribution in [2.24, 2.45) is 11.3 Å². The second-order valence-electron chi connectivity index (χ2n) is 5.59. The topological polar surface area (TPSA) is 76.1 Å². The van der Waals surface area contributed by atoms with Crippen LogP contribution in [0.4, 0.5) is 0 Å². The van der Waals surface area contributed by atoms with E-state index < -0.39 is 5.97 Å². The van der Waals surface area contributed by atoms with Gasteiger partial charge in [0.25, 0.3) is 0 Å². The number of carbonyl (C=O) groups excluding carboxylic acids is 1. The first-order chi connectivity index (χ1) is 9.59. The third-order valence-electron chi connectivity index (χ3n) is 4.40. The Morgan fingerprint density at radius 2 is 1.90 bits per heavy atom. The minimum Gasteiger partial charge on any atom is -0.481 e. The van der Waals surface area contributed by atoms with Crippen molar-refractivity contribution in [3.05, 3.63) is 0 Å². The van der Waals surface area contributed by atoms with Crippen LogP contribution >= 0.6 is 0 Å². The van der Waals surface area contributed by atoms with E-state index in [1.807, 2.05) is 6.92 Å². The van der Waals surface area contributed by atoms with Crippen molar-refractivity contribution in [3.63, 3.8) is 0 Å². The lowest BCUT2D eigenvalue weighted by Gasteiger charge is -2.32. The average molecular weight is 285 g/mol. The van der Waals surface area contributed by atoms with E-state index in [1.165, 1.54) is 0 Å². The summed E-state index contributed by atoms with van der Waals surface area (Å²) < 4.78 is 10.4. The summed E-state index contributed by atoms with van der Waals surface area (Å²) >= 11 is 0. The van der Waals surface area contributed by atoms with Crippen LogP contribution in [0, 0.1) is 11.3 Å². The first kappa shape index (κ1) is 15.3. The van der Waals surface area contributed by atoms with Crippen LogP contribution in [0.1, 0.15) is 26.2 Å². The number of likely N-dealkylation sites (tertiary alicyclic amines) is 1. The summed E-state index contributed by atoms with van der Waals surface area (Å²) in [5.41, 5.74) is -0.0293. The van der Waals surface area contributed by atoms with Crippen LogP contribution in [0.15, 0.2) is 0 Å². The third-order valence-corrected chi connectivity index (χ3v) is 4.40. The first-order valence-electron chi connectivity index (χ1n) is 7.25. The van der Waals surface area contributed by atoms with E-state index >= 15 is 0 Å². The molecule has 0 aromatic rings. The van der Waals surface area contributed by atoms with Gasteiger partial charge >= 0.3 is 5.97 Å². The fourth-order valence-corrected chi connectivity index (χ4v) is 2.96. The van der Waals surface area contributed by atoms with Gasteiger partial charge < -0.3 is 19.5 Å². The molecule has 1 N–H and O–H groups in total. The maximum Gasteiger partial charge on any atom is 0.307 e. The van der Waals surface area contributed by atoms with E-state index in [0.29, 0.717) is 32.9 Å². The molecule has 0 radical (unpaired) electrons. The van der Waals surface area contributed by atoms with E-state index in [1.54, 1.807) is 4.90 Å². The monoisotopic (exact) mass is 285 g/mol. The Morgan fingerprint density at radius 1 is 1.25 bits per heavy atom. The second kappa shape index (κ2) is 6.54. The third kappa shape index (κ3) is 3.49. The van der Waals surface area contributed by atoms with Crippen molar-refractivity contribution in [2.45, 2.75) is 26.2 Å². The molecule has 1 aliphatic carbocycles. The zero-order valence-corrected chi connectivity index (χ0v) is 12.0. The molecule has 0 bridgehead atoms. The van der Waals surface area contributed by atoms with E-state index in [4.69, 9.17) is 14.6 Å². The Kier molecular flexibility index (Phi) is 4.99. The van der Waals surface area contributed by atoms with Crippen LogP contribution in [0.3, 0.4) is 0 Å². The molecule has 1 unspecified atom stereocenters. The summed E-state index contributed by atoms with van der Waals surface area (Å²) in [7, 11) is 0. The van der Waals surface area contributed by atoms with Crippen LogP contribution in [0.25, 0.3) is 0 Å². The largest absolute Gasteiger partial charge is 0.481 e. The van der Waals surface area contributed by atoms with Gasteiger partial charge in [-0.2, -0.15) is 0 Å². The summed E-state index contributed by atoms with van der Waals surface area (Å²) in [6.45, 7) is 4.89. The molecular formula is C14H23NO5. The van der Waals surface area contributed by atoms with E-state index in [2.05, 4.69) is 0 Å². The molecule has 1 aliphatic heterocycles. The number of carboxylic acid groups (broad SMARTS) is 1. The molecule has 114 valence electrons. The molecule has 6 heteroatoms. The van der Waals surface area contributed by atoms with Crippen molar-refractivity contribution < 1.29 is 24.2 Å². The molecule has 2 fully saturated rings. The minimum atomic E-state index is -0.691. The van der Waals surface area contributed by atoms with Gasteiger partial charge in [0, 0.05) is 19.7 Å². The van der Waals surface area contributed by atoms with Crippen LogP contribution in [-0.2, 0) is 19.1 Å². The summed E-state index contributed by atoms with van der Waals surface area (Å²) in [4.78, 5) is 24.7. The lowest BCUT2D eigenvalue weighted by molar-refractivity contribution is -0.140. The first-order valence-corrected chi connectivity index (χ1v) is 7.25. The number of amides is 1. The Morgan fingerprint density at radius 3 is 2.45 bits per heavy atom. The van der Waals surface area contributed by atoms with Gasteiger partial charge in [-0.1, -0.05) is 0 Å². The molecule has 20 heavy (non-hydrogen) atoms. The number of nitrogens with zero attached hydrogens (tertiary/aromatic N) is 1. The number of rotatable bonds is 7. The van der Waals surface area contributed by atoms with Crippen molar-refractivity contribution in [2.75, 3.05) is 39.5 Å². The quantitative estimate of drug-likeness (QED) is 0.699. The molecule has 6 nitrogen and oxygen atoms in total. The number of carboxylic acids is 1. The summed E-state index contributed by atoms with van der Waals surface area (Å²) in [6.07, 6.45) is 2.37. The molecule has 1 atom stereocenters. The van der Waals surface area contributed by atoms with Gasteiger partial charge in [0.15, 0.2) is 0 Å². The number of carbonyl (C=O) groups is 2. The highest BCUT2D eigenvalue weighted by Gasteiger charge is 2.59. The van der Waals surface area contributed by atoms with Gasteiger partial charge in [0.05, 0.1) is 19.1 Å².